The van der Waals surface area contributed by atoms with Gasteiger partial charge in [0.2, 0.25) is 0 Å². The van der Waals surface area contributed by atoms with Gasteiger partial charge in [-0.2, -0.15) is 0 Å². The summed E-state index contributed by atoms with van der Waals surface area (Å²) < 4.78 is 11.0. The van der Waals surface area contributed by atoms with Crippen molar-refractivity contribution in [2.45, 2.75) is 59.4 Å². The maximum absolute atomic E-state index is 11.8. The first-order valence-electron chi connectivity index (χ1n) is 6.65. The number of ether oxygens (including phenoxy) is 2. The van der Waals surface area contributed by atoms with Gasteiger partial charge in [0.25, 0.3) is 0 Å². The summed E-state index contributed by atoms with van der Waals surface area (Å²) in [5, 5.41) is 10.2. The smallest absolute Gasteiger partial charge is 0.311 e. The van der Waals surface area contributed by atoms with Gasteiger partial charge in [-0.15, -0.1) is 0 Å². The van der Waals surface area contributed by atoms with E-state index in [1.165, 1.54) is 0 Å². The molecule has 4 heteroatoms. The molecule has 1 aliphatic carbocycles. The van der Waals surface area contributed by atoms with Crippen LogP contribution in [0, 0.1) is 16.7 Å². The molecule has 0 bridgehead atoms. The minimum atomic E-state index is -1.08. The predicted molar refractivity (Wildman–Crippen MR) is 66.7 cm³/mol. The highest BCUT2D eigenvalue weighted by atomic mass is 16.7. The average Bonchev–Trinajstić information content (AvgIpc) is 2.30. The van der Waals surface area contributed by atoms with Crippen molar-refractivity contribution >= 4 is 5.97 Å². The van der Waals surface area contributed by atoms with Gasteiger partial charge in [0.15, 0.2) is 5.79 Å². The molecule has 1 N–H and O–H groups in total. The third-order valence-electron chi connectivity index (χ3n) is 4.51. The minimum absolute atomic E-state index is 0.0539. The van der Waals surface area contributed by atoms with Gasteiger partial charge in [0, 0.05) is 11.3 Å². The lowest BCUT2D eigenvalue weighted by Crippen LogP contribution is -2.47. The molecule has 1 heterocycles. The van der Waals surface area contributed by atoms with Crippen LogP contribution in [0.15, 0.2) is 0 Å². The van der Waals surface area contributed by atoms with E-state index in [1.54, 1.807) is 6.92 Å². The summed E-state index contributed by atoms with van der Waals surface area (Å²) in [6.07, 6.45) is 1.80. The Bertz CT molecular complexity index is 355. The molecule has 0 aromatic carbocycles. The van der Waals surface area contributed by atoms with Gasteiger partial charge in [0.1, 0.15) is 12.7 Å². The number of aliphatic hydroxyl groups is 1. The summed E-state index contributed by atoms with van der Waals surface area (Å²) >= 11 is 0. The van der Waals surface area contributed by atoms with Crippen LogP contribution in [0.1, 0.15) is 47.5 Å². The molecule has 4 atom stereocenters. The highest BCUT2D eigenvalue weighted by Gasteiger charge is 2.63. The molecule has 18 heavy (non-hydrogen) atoms. The summed E-state index contributed by atoms with van der Waals surface area (Å²) in [7, 11) is 0. The second kappa shape index (κ2) is 3.94. The third-order valence-corrected chi connectivity index (χ3v) is 4.51. The third kappa shape index (κ3) is 2.05. The monoisotopic (exact) mass is 256 g/mol. The van der Waals surface area contributed by atoms with E-state index in [4.69, 9.17) is 9.47 Å². The van der Waals surface area contributed by atoms with Gasteiger partial charge in [-0.1, -0.05) is 6.92 Å². The maximum Gasteiger partial charge on any atom is 0.311 e. The Labute approximate surface area is 109 Å². The van der Waals surface area contributed by atoms with E-state index in [9.17, 15) is 9.90 Å². The van der Waals surface area contributed by atoms with Crippen molar-refractivity contribution in [1.82, 2.24) is 0 Å². The molecule has 104 valence electrons. The average molecular weight is 256 g/mol. The highest BCUT2D eigenvalue weighted by molar-refractivity contribution is 5.75. The molecular formula is C14H24O4. The highest BCUT2D eigenvalue weighted by Crippen LogP contribution is 2.60. The van der Waals surface area contributed by atoms with Crippen LogP contribution in [-0.2, 0) is 14.3 Å². The molecule has 2 fully saturated rings. The van der Waals surface area contributed by atoms with Crippen molar-refractivity contribution in [2.75, 3.05) is 6.61 Å². The van der Waals surface area contributed by atoms with Gasteiger partial charge in [-0.3, -0.25) is 4.79 Å². The van der Waals surface area contributed by atoms with Crippen LogP contribution in [0.2, 0.25) is 0 Å². The number of carbonyl (C=O) groups is 1. The lowest BCUT2D eigenvalue weighted by Gasteiger charge is -2.45. The summed E-state index contributed by atoms with van der Waals surface area (Å²) in [5.74, 6) is -1.15. The minimum Gasteiger partial charge on any atom is -0.462 e. The van der Waals surface area contributed by atoms with Crippen molar-refractivity contribution in [1.29, 1.82) is 0 Å². The van der Waals surface area contributed by atoms with E-state index in [0.717, 1.165) is 12.8 Å². The van der Waals surface area contributed by atoms with Gasteiger partial charge in [0.05, 0.1) is 5.41 Å². The summed E-state index contributed by atoms with van der Waals surface area (Å²) in [5.41, 5.74) is -0.553. The molecule has 1 saturated carbocycles. The number of fused-ring (bicyclic) bond motifs is 1. The van der Waals surface area contributed by atoms with Crippen molar-refractivity contribution in [3.63, 3.8) is 0 Å². The molecule has 0 amide bonds. The number of esters is 1. The Morgan fingerprint density at radius 1 is 1.44 bits per heavy atom. The zero-order valence-corrected chi connectivity index (χ0v) is 11.9. The second-order valence-electron chi connectivity index (χ2n) is 7.11. The molecule has 1 saturated heterocycles. The van der Waals surface area contributed by atoms with Crippen LogP contribution in [0.25, 0.3) is 0 Å². The Morgan fingerprint density at radius 2 is 2.06 bits per heavy atom. The molecule has 0 radical (unpaired) electrons. The Morgan fingerprint density at radius 3 is 2.44 bits per heavy atom. The largest absolute Gasteiger partial charge is 0.462 e. The SMILES string of the molecule is CC(C)(C)C(=O)OC[C@H]1O[C@](C)(O)[C@H]2CC[C@@]12C. The number of carbonyl (C=O) groups excluding carboxylic acids is 1. The number of hydrogen-bond acceptors (Lipinski definition) is 4. The summed E-state index contributed by atoms with van der Waals surface area (Å²) in [4.78, 5) is 11.8. The first kappa shape index (κ1) is 13.8. The van der Waals surface area contributed by atoms with E-state index in [-0.39, 0.29) is 30.0 Å². The van der Waals surface area contributed by atoms with Crippen LogP contribution in [0.5, 0.6) is 0 Å². The van der Waals surface area contributed by atoms with Gasteiger partial charge in [-0.05, 0) is 40.5 Å². The zero-order chi connectivity index (χ0) is 13.8. The lowest BCUT2D eigenvalue weighted by molar-refractivity contribution is -0.207. The fourth-order valence-corrected chi connectivity index (χ4v) is 3.11. The Kier molecular flexibility index (Phi) is 3.02. The number of hydrogen-bond donors (Lipinski definition) is 1. The first-order chi connectivity index (χ1) is 8.07. The van der Waals surface area contributed by atoms with E-state index in [0.29, 0.717) is 0 Å². The molecular weight excluding hydrogens is 232 g/mol. The van der Waals surface area contributed by atoms with Gasteiger partial charge >= 0.3 is 5.97 Å². The van der Waals surface area contributed by atoms with Crippen molar-refractivity contribution in [3.05, 3.63) is 0 Å². The normalized spacial score (nSPS) is 43.2. The van der Waals surface area contributed by atoms with Crippen molar-refractivity contribution < 1.29 is 19.4 Å². The predicted octanol–water partition coefficient (Wildman–Crippen LogP) is 2.10. The molecule has 0 aromatic heterocycles. The number of rotatable bonds is 2. The molecule has 4 nitrogen and oxygen atoms in total. The molecule has 2 rings (SSSR count). The second-order valence-corrected chi connectivity index (χ2v) is 7.11. The fraction of sp³-hybridized carbons (Fsp3) is 0.929. The Hall–Kier alpha value is -0.610. The zero-order valence-electron chi connectivity index (χ0n) is 11.9. The maximum atomic E-state index is 11.8. The van der Waals surface area contributed by atoms with Gasteiger partial charge in [-0.25, -0.2) is 0 Å². The molecule has 2 aliphatic rings. The van der Waals surface area contributed by atoms with Crippen LogP contribution < -0.4 is 0 Å². The molecule has 1 aliphatic heterocycles. The van der Waals surface area contributed by atoms with Crippen LogP contribution in [0.4, 0.5) is 0 Å². The summed E-state index contributed by atoms with van der Waals surface area (Å²) in [6.45, 7) is 9.54. The van der Waals surface area contributed by atoms with E-state index in [2.05, 4.69) is 6.92 Å². The fourth-order valence-electron chi connectivity index (χ4n) is 3.11. The van der Waals surface area contributed by atoms with E-state index < -0.39 is 11.2 Å². The standard InChI is InChI=1S/C14H24O4/c1-12(2,3)11(15)17-8-10-13(4)7-6-9(13)14(5,16)18-10/h9-10,16H,6-8H2,1-5H3/t9-,10+,13+,14-/m0/s1. The lowest BCUT2D eigenvalue weighted by atomic mass is 9.58. The van der Waals surface area contributed by atoms with Crippen LogP contribution >= 0.6 is 0 Å². The quantitative estimate of drug-likeness (QED) is 0.769. The van der Waals surface area contributed by atoms with Gasteiger partial charge < -0.3 is 14.6 Å². The van der Waals surface area contributed by atoms with E-state index in [1.807, 2.05) is 20.8 Å². The van der Waals surface area contributed by atoms with Crippen molar-refractivity contribution in [2.24, 2.45) is 16.7 Å². The molecule has 0 aromatic rings. The molecule has 0 spiro atoms. The van der Waals surface area contributed by atoms with Crippen LogP contribution in [-0.4, -0.2) is 29.6 Å². The molecule has 0 unspecified atom stereocenters. The van der Waals surface area contributed by atoms with Crippen molar-refractivity contribution in [3.8, 4) is 0 Å². The Balaban J connectivity index is 1.97. The summed E-state index contributed by atoms with van der Waals surface area (Å²) in [6, 6.07) is 0. The first-order valence-corrected chi connectivity index (χ1v) is 6.65. The van der Waals surface area contributed by atoms with Crippen LogP contribution in [0.3, 0.4) is 0 Å². The van der Waals surface area contributed by atoms with E-state index >= 15 is 0 Å². The topological polar surface area (TPSA) is 55.8 Å².